The third kappa shape index (κ3) is 10.7. The molecule has 0 aromatic rings. The summed E-state index contributed by atoms with van der Waals surface area (Å²) in [6.07, 6.45) is 1.34. The molecule has 0 aliphatic heterocycles. The number of aliphatic carboxylic acids is 1. The fourth-order valence-electron chi connectivity index (χ4n) is 0.547. The summed E-state index contributed by atoms with van der Waals surface area (Å²) in [5.74, 6) is -2.34. The Morgan fingerprint density at radius 2 is 1.93 bits per heavy atom. The van der Waals surface area contributed by atoms with E-state index in [0.29, 0.717) is 6.08 Å². The Hall–Kier alpha value is -1.18. The van der Waals surface area contributed by atoms with Crippen LogP contribution in [0.2, 0.25) is 0 Å². The van der Waals surface area contributed by atoms with Gasteiger partial charge in [-0.3, -0.25) is 4.79 Å². The molecule has 4 nitrogen and oxygen atoms in total. The predicted octanol–water partition coefficient (Wildman–Crippen LogP) is 0.996. The Morgan fingerprint density at radius 1 is 1.33 bits per heavy atom. The van der Waals surface area contributed by atoms with Crippen LogP contribution in [0.1, 0.15) is 0 Å². The van der Waals surface area contributed by atoms with Crippen molar-refractivity contribution in [1.82, 2.24) is 5.32 Å². The molecule has 2 N–H and O–H groups in total. The molecule has 0 aromatic heterocycles. The summed E-state index contributed by atoms with van der Waals surface area (Å²) in [6.45, 7) is -0.174. The van der Waals surface area contributed by atoms with E-state index < -0.39 is 17.4 Å². The highest BCUT2D eigenvalue weighted by Crippen LogP contribution is 2.29. The van der Waals surface area contributed by atoms with E-state index in [9.17, 15) is 22.8 Å². The fourth-order valence-corrected chi connectivity index (χ4v) is 0.982. The smallest absolute Gasteiger partial charge is 0.441 e. The number of halogens is 3. The van der Waals surface area contributed by atoms with E-state index in [4.69, 9.17) is 5.11 Å². The van der Waals surface area contributed by atoms with Crippen LogP contribution in [0.25, 0.3) is 0 Å². The Kier molecular flexibility index (Phi) is 5.83. The van der Waals surface area contributed by atoms with Crippen LogP contribution in [0.4, 0.5) is 13.2 Å². The maximum atomic E-state index is 11.6. The van der Waals surface area contributed by atoms with E-state index in [2.05, 4.69) is 5.32 Å². The average molecular weight is 243 g/mol. The maximum absolute atomic E-state index is 11.6. The van der Waals surface area contributed by atoms with E-state index in [1.807, 2.05) is 0 Å². The highest BCUT2D eigenvalue weighted by molar-refractivity contribution is 8.00. The lowest BCUT2D eigenvalue weighted by Crippen LogP contribution is -2.24. The van der Waals surface area contributed by atoms with Crippen LogP contribution in [0, 0.1) is 0 Å². The zero-order valence-corrected chi connectivity index (χ0v) is 8.19. The van der Waals surface area contributed by atoms with Crippen LogP contribution in [0.15, 0.2) is 12.2 Å². The molecule has 0 rings (SSSR count). The van der Waals surface area contributed by atoms with Gasteiger partial charge in [-0.1, -0.05) is 0 Å². The fraction of sp³-hybridized carbons (Fsp3) is 0.429. The van der Waals surface area contributed by atoms with Gasteiger partial charge in [0.2, 0.25) is 5.91 Å². The molecule has 86 valence electrons. The quantitative estimate of drug-likeness (QED) is 0.558. The molecule has 0 aliphatic carbocycles. The van der Waals surface area contributed by atoms with Gasteiger partial charge in [0.05, 0.1) is 0 Å². The number of carboxylic acids is 1. The lowest BCUT2D eigenvalue weighted by Gasteiger charge is -2.05. The van der Waals surface area contributed by atoms with Crippen molar-refractivity contribution < 1.29 is 27.9 Å². The SMILES string of the molecule is O=C(O)/C=C/C(=O)NCCSC(F)(F)F. The van der Waals surface area contributed by atoms with Gasteiger partial charge >= 0.3 is 11.5 Å². The van der Waals surface area contributed by atoms with Gasteiger partial charge < -0.3 is 10.4 Å². The predicted molar refractivity (Wildman–Crippen MR) is 48.3 cm³/mol. The third-order valence-electron chi connectivity index (χ3n) is 1.04. The molecule has 0 bridgehead atoms. The number of amides is 1. The molecule has 8 heteroatoms. The molecule has 0 radical (unpaired) electrons. The Labute approximate surface area is 87.5 Å². The number of carbonyl (C=O) groups is 2. The normalized spacial score (nSPS) is 11.7. The minimum Gasteiger partial charge on any atom is -0.478 e. The number of carboxylic acid groups (broad SMARTS) is 1. The van der Waals surface area contributed by atoms with Gasteiger partial charge in [0.1, 0.15) is 0 Å². The molecule has 0 unspecified atom stereocenters. The minimum atomic E-state index is -4.32. The summed E-state index contributed by atoms with van der Waals surface area (Å²) in [6, 6.07) is 0. The maximum Gasteiger partial charge on any atom is 0.441 e. The Balaban J connectivity index is 3.61. The number of rotatable bonds is 5. The van der Waals surface area contributed by atoms with Crippen molar-refractivity contribution in [3.8, 4) is 0 Å². The summed E-state index contributed by atoms with van der Waals surface area (Å²) in [5.41, 5.74) is -4.32. The van der Waals surface area contributed by atoms with Crippen molar-refractivity contribution in [2.75, 3.05) is 12.3 Å². The second kappa shape index (κ2) is 6.33. The second-order valence-corrected chi connectivity index (χ2v) is 3.42. The molecule has 0 heterocycles. The summed E-state index contributed by atoms with van der Waals surface area (Å²) < 4.78 is 34.8. The van der Waals surface area contributed by atoms with E-state index in [-0.39, 0.29) is 24.1 Å². The van der Waals surface area contributed by atoms with Gasteiger partial charge in [-0.05, 0) is 11.8 Å². The van der Waals surface area contributed by atoms with Gasteiger partial charge in [0, 0.05) is 24.4 Å². The molecule has 0 fully saturated rings. The van der Waals surface area contributed by atoms with Crippen LogP contribution in [0.5, 0.6) is 0 Å². The Bertz CT molecular complexity index is 265. The first-order valence-corrected chi connectivity index (χ1v) is 4.69. The second-order valence-electron chi connectivity index (χ2n) is 2.26. The molecule has 0 saturated heterocycles. The first-order chi connectivity index (χ1) is 6.81. The largest absolute Gasteiger partial charge is 0.478 e. The van der Waals surface area contributed by atoms with E-state index >= 15 is 0 Å². The van der Waals surface area contributed by atoms with Crippen molar-refractivity contribution in [2.24, 2.45) is 0 Å². The van der Waals surface area contributed by atoms with Crippen molar-refractivity contribution in [3.63, 3.8) is 0 Å². The third-order valence-corrected chi connectivity index (χ3v) is 1.78. The van der Waals surface area contributed by atoms with Crippen LogP contribution in [-0.4, -0.2) is 34.8 Å². The number of hydrogen-bond acceptors (Lipinski definition) is 3. The first kappa shape index (κ1) is 13.8. The molecule has 0 spiro atoms. The monoisotopic (exact) mass is 243 g/mol. The number of hydrogen-bond donors (Lipinski definition) is 2. The van der Waals surface area contributed by atoms with Gasteiger partial charge in [0.25, 0.3) is 0 Å². The van der Waals surface area contributed by atoms with E-state index in [1.54, 1.807) is 0 Å². The van der Waals surface area contributed by atoms with Crippen LogP contribution >= 0.6 is 11.8 Å². The molecular weight excluding hydrogens is 235 g/mol. The highest BCUT2D eigenvalue weighted by atomic mass is 32.2. The molecule has 0 atom stereocenters. The molecule has 15 heavy (non-hydrogen) atoms. The van der Waals surface area contributed by atoms with Crippen molar-refractivity contribution in [1.29, 1.82) is 0 Å². The lowest BCUT2D eigenvalue weighted by atomic mass is 10.4. The zero-order chi connectivity index (χ0) is 11.9. The number of thioether (sulfide) groups is 1. The Morgan fingerprint density at radius 3 is 2.40 bits per heavy atom. The van der Waals surface area contributed by atoms with Gasteiger partial charge in [-0.2, -0.15) is 13.2 Å². The summed E-state index contributed by atoms with van der Waals surface area (Å²) in [7, 11) is 0. The lowest BCUT2D eigenvalue weighted by molar-refractivity contribution is -0.131. The van der Waals surface area contributed by atoms with E-state index in [1.165, 1.54) is 0 Å². The number of alkyl halides is 3. The summed E-state index contributed by atoms with van der Waals surface area (Å²) in [5, 5.41) is 10.2. The summed E-state index contributed by atoms with van der Waals surface area (Å²) >= 11 is -0.255. The van der Waals surface area contributed by atoms with Crippen LogP contribution < -0.4 is 5.32 Å². The first-order valence-electron chi connectivity index (χ1n) is 3.71. The van der Waals surface area contributed by atoms with Crippen molar-refractivity contribution >= 4 is 23.6 Å². The van der Waals surface area contributed by atoms with Crippen molar-refractivity contribution in [2.45, 2.75) is 5.51 Å². The zero-order valence-electron chi connectivity index (χ0n) is 7.37. The average Bonchev–Trinajstić information content (AvgIpc) is 2.07. The number of nitrogens with one attached hydrogen (secondary N) is 1. The molecule has 0 saturated carbocycles. The minimum absolute atomic E-state index is 0.174. The highest BCUT2D eigenvalue weighted by Gasteiger charge is 2.27. The van der Waals surface area contributed by atoms with Crippen molar-refractivity contribution in [3.05, 3.63) is 12.2 Å². The molecule has 0 aromatic carbocycles. The van der Waals surface area contributed by atoms with E-state index in [0.717, 1.165) is 6.08 Å². The van der Waals surface area contributed by atoms with Gasteiger partial charge in [-0.15, -0.1) is 0 Å². The van der Waals surface area contributed by atoms with Gasteiger partial charge in [-0.25, -0.2) is 4.79 Å². The van der Waals surface area contributed by atoms with Crippen LogP contribution in [0.3, 0.4) is 0 Å². The molecule has 0 aliphatic rings. The molecular formula is C7H8F3NO3S. The standard InChI is InChI=1S/C7H8F3NO3S/c8-7(9,10)15-4-3-11-5(12)1-2-6(13)14/h1-2H,3-4H2,(H,11,12)(H,13,14)/b2-1+. The summed E-state index contributed by atoms with van der Waals surface area (Å²) in [4.78, 5) is 20.7. The number of carbonyl (C=O) groups excluding carboxylic acids is 1. The topological polar surface area (TPSA) is 66.4 Å². The molecule has 1 amide bonds. The van der Waals surface area contributed by atoms with Crippen LogP contribution in [-0.2, 0) is 9.59 Å². The van der Waals surface area contributed by atoms with Gasteiger partial charge in [0.15, 0.2) is 0 Å².